The van der Waals surface area contributed by atoms with Crippen molar-refractivity contribution in [2.75, 3.05) is 17.7 Å². The van der Waals surface area contributed by atoms with Crippen molar-refractivity contribution in [3.63, 3.8) is 0 Å². The number of nitrogens with zero attached hydrogens (tertiary/aromatic N) is 4. The number of anilines is 2. The summed E-state index contributed by atoms with van der Waals surface area (Å²) >= 11 is 1.25. The largest absolute Gasteiger partial charge is 0.495 e. The Balaban J connectivity index is 1.78. The van der Waals surface area contributed by atoms with Crippen LogP contribution in [0.1, 0.15) is 25.0 Å². The van der Waals surface area contributed by atoms with Gasteiger partial charge in [0.2, 0.25) is 17.0 Å². The molecule has 0 spiro atoms. The van der Waals surface area contributed by atoms with Gasteiger partial charge >= 0.3 is 0 Å². The molecule has 10 heteroatoms. The van der Waals surface area contributed by atoms with Crippen LogP contribution in [0.25, 0.3) is 5.69 Å². The smallest absolute Gasteiger partial charge is 0.237 e. The topological polar surface area (TPSA) is 111 Å². The van der Waals surface area contributed by atoms with E-state index in [0.717, 1.165) is 16.8 Å². The number of amides is 2. The maximum Gasteiger partial charge on any atom is 0.237 e. The minimum Gasteiger partial charge on any atom is -0.495 e. The molecule has 0 unspecified atom stereocenters. The maximum absolute atomic E-state index is 12.9. The average molecular weight is 441 g/mol. The van der Waals surface area contributed by atoms with Crippen LogP contribution in [0, 0.1) is 13.8 Å². The monoisotopic (exact) mass is 440 g/mol. The molecule has 0 fully saturated rings. The number of aryl methyl sites for hydroxylation is 1. The number of hydrogen-bond acceptors (Lipinski definition) is 7. The number of ether oxygens (including phenoxy) is 1. The molecule has 0 aliphatic carbocycles. The summed E-state index contributed by atoms with van der Waals surface area (Å²) in [7, 11) is 1.51. The molecular weight excluding hydrogens is 416 g/mol. The van der Waals surface area contributed by atoms with Gasteiger partial charge in [-0.3, -0.25) is 9.59 Å². The number of carbonyl (C=O) groups is 2. The number of rotatable bonds is 7. The summed E-state index contributed by atoms with van der Waals surface area (Å²) in [5.41, 5.74) is 4.07. The minimum absolute atomic E-state index is 0.204. The molecule has 0 radical (unpaired) electrons. The van der Waals surface area contributed by atoms with Crippen LogP contribution in [0.4, 0.5) is 11.4 Å². The second-order valence-corrected chi connectivity index (χ2v) is 8.25. The first-order chi connectivity index (χ1) is 14.8. The molecule has 1 aromatic heterocycles. The number of tetrazole rings is 1. The van der Waals surface area contributed by atoms with Gasteiger partial charge in [0, 0.05) is 12.6 Å². The highest BCUT2D eigenvalue weighted by atomic mass is 32.2. The Labute approximate surface area is 184 Å². The summed E-state index contributed by atoms with van der Waals surface area (Å²) in [4.78, 5) is 24.2. The van der Waals surface area contributed by atoms with Gasteiger partial charge in [-0.25, -0.2) is 0 Å². The first-order valence-electron chi connectivity index (χ1n) is 9.58. The van der Waals surface area contributed by atoms with Crippen molar-refractivity contribution in [3.05, 3.63) is 47.5 Å². The number of aromatic nitrogens is 4. The molecule has 3 rings (SSSR count). The van der Waals surface area contributed by atoms with Crippen LogP contribution < -0.4 is 15.4 Å². The Morgan fingerprint density at radius 1 is 1.16 bits per heavy atom. The SMILES string of the molecule is COc1ccc(NC(C)=O)cc1NC(=O)[C@H](C)Sc1nnnn1-c1cccc(C)c1C. The van der Waals surface area contributed by atoms with Gasteiger partial charge in [0.1, 0.15) is 5.75 Å². The highest BCUT2D eigenvalue weighted by Gasteiger charge is 2.21. The van der Waals surface area contributed by atoms with E-state index >= 15 is 0 Å². The average Bonchev–Trinajstić information content (AvgIpc) is 3.17. The lowest BCUT2D eigenvalue weighted by atomic mass is 10.1. The fourth-order valence-electron chi connectivity index (χ4n) is 2.90. The maximum atomic E-state index is 12.9. The number of carbonyl (C=O) groups excluding carboxylic acids is 2. The van der Waals surface area contributed by atoms with Crippen LogP contribution in [0.2, 0.25) is 0 Å². The van der Waals surface area contributed by atoms with Crippen molar-refractivity contribution < 1.29 is 14.3 Å². The molecule has 0 aliphatic heterocycles. The highest BCUT2D eigenvalue weighted by molar-refractivity contribution is 8.00. The molecule has 2 aromatic carbocycles. The molecule has 3 aromatic rings. The Morgan fingerprint density at radius 3 is 2.65 bits per heavy atom. The zero-order chi connectivity index (χ0) is 22.5. The van der Waals surface area contributed by atoms with E-state index in [0.29, 0.717) is 22.3 Å². The zero-order valence-corrected chi connectivity index (χ0v) is 18.8. The third kappa shape index (κ3) is 5.21. The van der Waals surface area contributed by atoms with Gasteiger partial charge in [0.25, 0.3) is 0 Å². The van der Waals surface area contributed by atoms with E-state index in [9.17, 15) is 9.59 Å². The molecule has 2 amide bonds. The van der Waals surface area contributed by atoms with Crippen LogP contribution in [0.15, 0.2) is 41.6 Å². The summed E-state index contributed by atoms with van der Waals surface area (Å²) < 4.78 is 6.96. The van der Waals surface area contributed by atoms with Crippen LogP contribution in [-0.2, 0) is 9.59 Å². The Bertz CT molecular complexity index is 1110. The number of thioether (sulfide) groups is 1. The molecule has 0 aliphatic rings. The van der Waals surface area contributed by atoms with Crippen LogP contribution in [0.3, 0.4) is 0 Å². The van der Waals surface area contributed by atoms with Crippen LogP contribution in [-0.4, -0.2) is 44.4 Å². The van der Waals surface area contributed by atoms with E-state index in [1.807, 2.05) is 32.0 Å². The standard InChI is InChI=1S/C21H24N6O3S/c1-12-7-6-8-18(13(12)2)27-21(24-25-26-27)31-14(3)20(29)23-17-11-16(22-15(4)28)9-10-19(17)30-5/h6-11,14H,1-5H3,(H,22,28)(H,23,29)/t14-/m0/s1. The molecule has 9 nitrogen and oxygen atoms in total. The van der Waals surface area contributed by atoms with E-state index in [1.54, 1.807) is 29.8 Å². The fraction of sp³-hybridized carbons (Fsp3) is 0.286. The second kappa shape index (κ2) is 9.61. The second-order valence-electron chi connectivity index (χ2n) is 6.94. The van der Waals surface area contributed by atoms with Gasteiger partial charge in [-0.2, -0.15) is 4.68 Å². The number of methoxy groups -OCH3 is 1. The molecule has 162 valence electrons. The van der Waals surface area contributed by atoms with E-state index in [4.69, 9.17) is 4.74 Å². The van der Waals surface area contributed by atoms with Gasteiger partial charge in [-0.1, -0.05) is 23.9 Å². The van der Waals surface area contributed by atoms with Crippen LogP contribution in [0.5, 0.6) is 5.75 Å². The molecular formula is C21H24N6O3S. The highest BCUT2D eigenvalue weighted by Crippen LogP contribution is 2.30. The van der Waals surface area contributed by atoms with Gasteiger partial charge in [0.05, 0.1) is 23.7 Å². The lowest BCUT2D eigenvalue weighted by Gasteiger charge is -2.15. The summed E-state index contributed by atoms with van der Waals surface area (Å²) in [6.07, 6.45) is 0. The number of benzene rings is 2. The Morgan fingerprint density at radius 2 is 1.94 bits per heavy atom. The predicted octanol–water partition coefficient (Wildman–Crippen LogP) is 3.37. The summed E-state index contributed by atoms with van der Waals surface area (Å²) in [5.74, 6) is 0.0308. The fourth-order valence-corrected chi connectivity index (χ4v) is 3.70. The summed E-state index contributed by atoms with van der Waals surface area (Å²) in [6, 6.07) is 10.9. The predicted molar refractivity (Wildman–Crippen MR) is 120 cm³/mol. The Kier molecular flexibility index (Phi) is 6.91. The van der Waals surface area contributed by atoms with Crippen molar-refractivity contribution in [1.29, 1.82) is 0 Å². The Hall–Kier alpha value is -3.40. The van der Waals surface area contributed by atoms with Crippen LogP contribution >= 0.6 is 11.8 Å². The van der Waals surface area contributed by atoms with Crippen molar-refractivity contribution in [3.8, 4) is 11.4 Å². The normalized spacial score (nSPS) is 11.6. The van der Waals surface area contributed by atoms with Crippen molar-refractivity contribution in [1.82, 2.24) is 20.2 Å². The van der Waals surface area contributed by atoms with Gasteiger partial charge in [-0.15, -0.1) is 5.10 Å². The third-order valence-electron chi connectivity index (χ3n) is 4.67. The van der Waals surface area contributed by atoms with Crippen molar-refractivity contribution >= 4 is 35.0 Å². The first kappa shape index (κ1) is 22.3. The molecule has 2 N–H and O–H groups in total. The molecule has 31 heavy (non-hydrogen) atoms. The molecule has 0 bridgehead atoms. The van der Waals surface area contributed by atoms with E-state index < -0.39 is 5.25 Å². The molecule has 0 saturated heterocycles. The lowest BCUT2D eigenvalue weighted by molar-refractivity contribution is -0.115. The van der Waals surface area contributed by atoms with E-state index in [1.165, 1.54) is 25.8 Å². The first-order valence-corrected chi connectivity index (χ1v) is 10.5. The minimum atomic E-state index is -0.496. The third-order valence-corrected chi connectivity index (χ3v) is 5.71. The van der Waals surface area contributed by atoms with E-state index in [2.05, 4.69) is 26.2 Å². The van der Waals surface area contributed by atoms with Gasteiger partial charge in [-0.05, 0) is 66.6 Å². The molecule has 1 heterocycles. The quantitative estimate of drug-likeness (QED) is 0.542. The zero-order valence-electron chi connectivity index (χ0n) is 18.0. The van der Waals surface area contributed by atoms with Gasteiger partial charge < -0.3 is 15.4 Å². The molecule has 0 saturated carbocycles. The lowest BCUT2D eigenvalue weighted by Crippen LogP contribution is -2.23. The van der Waals surface area contributed by atoms with Crippen molar-refractivity contribution in [2.45, 2.75) is 38.1 Å². The van der Waals surface area contributed by atoms with Crippen molar-refractivity contribution in [2.24, 2.45) is 0 Å². The number of hydrogen-bond donors (Lipinski definition) is 2. The number of nitrogens with one attached hydrogen (secondary N) is 2. The van der Waals surface area contributed by atoms with E-state index in [-0.39, 0.29) is 11.8 Å². The summed E-state index contributed by atoms with van der Waals surface area (Å²) in [5, 5.41) is 17.5. The molecule has 1 atom stereocenters. The van der Waals surface area contributed by atoms with Gasteiger partial charge in [0.15, 0.2) is 0 Å². The summed E-state index contributed by atoms with van der Waals surface area (Å²) in [6.45, 7) is 7.22.